The SMILES string of the molecule is COc1ccc(C2C(C(=O)O)NC3C(C#N)C=NN3C2c2ccc(OC)cc2)cc1. The van der Waals surface area contributed by atoms with Gasteiger partial charge in [-0.15, -0.1) is 0 Å². The van der Waals surface area contributed by atoms with Gasteiger partial charge in [0.2, 0.25) is 0 Å². The number of rotatable bonds is 5. The minimum absolute atomic E-state index is 0.383. The van der Waals surface area contributed by atoms with Crippen LogP contribution in [0.3, 0.4) is 0 Å². The van der Waals surface area contributed by atoms with E-state index in [1.54, 1.807) is 20.4 Å². The van der Waals surface area contributed by atoms with Crippen LogP contribution in [-0.2, 0) is 4.79 Å². The van der Waals surface area contributed by atoms with E-state index >= 15 is 0 Å². The highest BCUT2D eigenvalue weighted by Gasteiger charge is 2.50. The summed E-state index contributed by atoms with van der Waals surface area (Å²) in [5, 5.41) is 29.0. The van der Waals surface area contributed by atoms with Gasteiger partial charge in [-0.05, 0) is 35.4 Å². The topological polar surface area (TPSA) is 107 Å². The van der Waals surface area contributed by atoms with E-state index in [1.165, 1.54) is 0 Å². The zero-order chi connectivity index (χ0) is 21.3. The number of hydrazone groups is 1. The summed E-state index contributed by atoms with van der Waals surface area (Å²) < 4.78 is 10.5. The molecule has 2 aliphatic heterocycles. The van der Waals surface area contributed by atoms with Crippen LogP contribution < -0.4 is 14.8 Å². The van der Waals surface area contributed by atoms with E-state index < -0.39 is 30.0 Å². The Balaban J connectivity index is 1.83. The number of carboxylic acids is 1. The molecule has 0 aliphatic carbocycles. The molecule has 2 N–H and O–H groups in total. The summed E-state index contributed by atoms with van der Waals surface area (Å²) in [6.45, 7) is 0. The van der Waals surface area contributed by atoms with Crippen molar-refractivity contribution in [2.75, 3.05) is 14.2 Å². The maximum absolute atomic E-state index is 12.3. The fraction of sp³-hybridized carbons (Fsp3) is 0.318. The molecule has 2 aromatic carbocycles. The van der Waals surface area contributed by atoms with Gasteiger partial charge in [0.05, 0.1) is 26.3 Å². The van der Waals surface area contributed by atoms with Crippen LogP contribution in [0.1, 0.15) is 23.1 Å². The summed E-state index contributed by atoms with van der Waals surface area (Å²) in [5.41, 5.74) is 1.73. The van der Waals surface area contributed by atoms with Crippen molar-refractivity contribution in [3.8, 4) is 17.6 Å². The maximum Gasteiger partial charge on any atom is 0.321 e. The molecule has 0 bridgehead atoms. The summed E-state index contributed by atoms with van der Waals surface area (Å²) in [4.78, 5) is 12.3. The summed E-state index contributed by atoms with van der Waals surface area (Å²) in [6.07, 6.45) is 1.06. The number of fused-ring (bicyclic) bond motifs is 1. The van der Waals surface area contributed by atoms with E-state index in [-0.39, 0.29) is 6.04 Å². The van der Waals surface area contributed by atoms with Gasteiger partial charge in [-0.2, -0.15) is 10.4 Å². The molecule has 0 spiro atoms. The number of nitriles is 1. The fourth-order valence-corrected chi connectivity index (χ4v) is 4.22. The Morgan fingerprint density at radius 2 is 1.63 bits per heavy atom. The number of nitrogens with zero attached hydrogens (tertiary/aromatic N) is 3. The lowest BCUT2D eigenvalue weighted by atomic mass is 9.78. The summed E-state index contributed by atoms with van der Waals surface area (Å²) >= 11 is 0. The lowest BCUT2D eigenvalue weighted by molar-refractivity contribution is -0.143. The highest BCUT2D eigenvalue weighted by atomic mass is 16.5. The van der Waals surface area contributed by atoms with Gasteiger partial charge in [-0.25, -0.2) is 0 Å². The van der Waals surface area contributed by atoms with Crippen molar-refractivity contribution in [1.29, 1.82) is 5.26 Å². The molecule has 2 aliphatic rings. The van der Waals surface area contributed by atoms with Crippen LogP contribution in [0.5, 0.6) is 11.5 Å². The van der Waals surface area contributed by atoms with E-state index in [9.17, 15) is 15.2 Å². The smallest absolute Gasteiger partial charge is 0.321 e. The first-order chi connectivity index (χ1) is 14.6. The average Bonchev–Trinajstić information content (AvgIpc) is 3.20. The number of nitrogens with one attached hydrogen (secondary N) is 1. The maximum atomic E-state index is 12.3. The average molecular weight is 406 g/mol. The third-order valence-corrected chi connectivity index (χ3v) is 5.69. The van der Waals surface area contributed by atoms with Crippen LogP contribution in [0.25, 0.3) is 0 Å². The Kier molecular flexibility index (Phi) is 5.29. The summed E-state index contributed by atoms with van der Waals surface area (Å²) in [5.74, 6) is -0.563. The van der Waals surface area contributed by atoms with E-state index in [0.29, 0.717) is 11.5 Å². The molecule has 8 heteroatoms. The lowest BCUT2D eigenvalue weighted by Crippen LogP contribution is -2.61. The molecule has 30 heavy (non-hydrogen) atoms. The molecule has 5 atom stereocenters. The van der Waals surface area contributed by atoms with Crippen molar-refractivity contribution < 1.29 is 19.4 Å². The first kappa shape index (κ1) is 19.7. The van der Waals surface area contributed by atoms with Gasteiger partial charge in [-0.3, -0.25) is 15.1 Å². The molecule has 1 fully saturated rings. The van der Waals surface area contributed by atoms with E-state index in [1.807, 2.05) is 53.5 Å². The molecule has 5 unspecified atom stereocenters. The Morgan fingerprint density at radius 1 is 1.07 bits per heavy atom. The van der Waals surface area contributed by atoms with Crippen LogP contribution in [0.2, 0.25) is 0 Å². The summed E-state index contributed by atoms with van der Waals surface area (Å²) in [6, 6.07) is 15.8. The molecule has 2 aromatic rings. The third-order valence-electron chi connectivity index (χ3n) is 5.69. The standard InChI is InChI=1S/C22H22N4O4/c1-29-16-7-3-13(4-8-16)18-19(22(27)28)25-21-15(11-23)12-24-26(21)20(18)14-5-9-17(30-2)10-6-14/h3-10,12,15,18-21,25H,1-2H3,(H,27,28). The minimum atomic E-state index is -0.974. The second-order valence-electron chi connectivity index (χ2n) is 7.24. The fourth-order valence-electron chi connectivity index (χ4n) is 4.22. The van der Waals surface area contributed by atoms with Gasteiger partial charge < -0.3 is 14.6 Å². The number of carboxylic acid groups (broad SMARTS) is 1. The number of benzene rings is 2. The molecular weight excluding hydrogens is 384 g/mol. The van der Waals surface area contributed by atoms with Crippen LogP contribution >= 0.6 is 0 Å². The van der Waals surface area contributed by atoms with Gasteiger partial charge in [0.15, 0.2) is 0 Å². The highest BCUT2D eigenvalue weighted by molar-refractivity contribution is 5.76. The first-order valence-electron chi connectivity index (χ1n) is 9.56. The molecule has 0 amide bonds. The second kappa shape index (κ2) is 8.05. The van der Waals surface area contributed by atoms with Crippen molar-refractivity contribution in [2.24, 2.45) is 11.0 Å². The van der Waals surface area contributed by atoms with Gasteiger partial charge in [0.1, 0.15) is 29.6 Å². The zero-order valence-electron chi connectivity index (χ0n) is 16.6. The predicted octanol–water partition coefficient (Wildman–Crippen LogP) is 2.35. The monoisotopic (exact) mass is 406 g/mol. The van der Waals surface area contributed by atoms with Crippen molar-refractivity contribution in [3.63, 3.8) is 0 Å². The number of ether oxygens (including phenoxy) is 2. The number of hydrogen-bond donors (Lipinski definition) is 2. The van der Waals surface area contributed by atoms with Gasteiger partial charge in [-0.1, -0.05) is 24.3 Å². The van der Waals surface area contributed by atoms with E-state index in [4.69, 9.17) is 9.47 Å². The Labute approximate surface area is 174 Å². The van der Waals surface area contributed by atoms with Crippen LogP contribution in [-0.4, -0.2) is 48.7 Å². The number of methoxy groups -OCH3 is 2. The Bertz CT molecular complexity index is 984. The number of hydrogen-bond acceptors (Lipinski definition) is 7. The molecule has 2 heterocycles. The highest BCUT2D eigenvalue weighted by Crippen LogP contribution is 2.45. The number of aliphatic carboxylic acids is 1. The van der Waals surface area contributed by atoms with Crippen LogP contribution in [0.4, 0.5) is 0 Å². The van der Waals surface area contributed by atoms with Crippen molar-refractivity contribution in [1.82, 2.24) is 10.3 Å². The van der Waals surface area contributed by atoms with Gasteiger partial charge in [0, 0.05) is 12.1 Å². The molecule has 4 rings (SSSR count). The first-order valence-corrected chi connectivity index (χ1v) is 9.56. The predicted molar refractivity (Wildman–Crippen MR) is 109 cm³/mol. The van der Waals surface area contributed by atoms with E-state index in [2.05, 4.69) is 16.5 Å². The Morgan fingerprint density at radius 3 is 2.13 bits per heavy atom. The van der Waals surface area contributed by atoms with Crippen molar-refractivity contribution in [2.45, 2.75) is 24.2 Å². The number of carbonyl (C=O) groups is 1. The molecule has 0 aromatic heterocycles. The molecule has 154 valence electrons. The van der Waals surface area contributed by atoms with Gasteiger partial charge >= 0.3 is 5.97 Å². The van der Waals surface area contributed by atoms with Crippen LogP contribution in [0.15, 0.2) is 53.6 Å². The molecule has 0 saturated carbocycles. The second-order valence-corrected chi connectivity index (χ2v) is 7.24. The minimum Gasteiger partial charge on any atom is -0.497 e. The van der Waals surface area contributed by atoms with Gasteiger partial charge in [0.25, 0.3) is 0 Å². The largest absolute Gasteiger partial charge is 0.497 e. The zero-order valence-corrected chi connectivity index (χ0v) is 16.6. The quantitative estimate of drug-likeness (QED) is 0.785. The normalized spacial score (nSPS) is 27.2. The lowest BCUT2D eigenvalue weighted by Gasteiger charge is -2.47. The van der Waals surface area contributed by atoms with E-state index in [0.717, 1.165) is 11.1 Å². The third kappa shape index (κ3) is 3.33. The molecule has 8 nitrogen and oxygen atoms in total. The van der Waals surface area contributed by atoms with Crippen LogP contribution in [0, 0.1) is 17.2 Å². The van der Waals surface area contributed by atoms with Crippen molar-refractivity contribution >= 4 is 12.2 Å². The molecular formula is C22H22N4O4. The Hall–Kier alpha value is -3.57. The summed E-state index contributed by atoms with van der Waals surface area (Å²) in [7, 11) is 3.18. The molecule has 1 saturated heterocycles. The van der Waals surface area contributed by atoms with Crippen molar-refractivity contribution in [3.05, 3.63) is 59.7 Å². The molecule has 0 radical (unpaired) electrons.